The molecule has 0 saturated carbocycles. The van der Waals surface area contributed by atoms with Crippen molar-refractivity contribution in [3.63, 3.8) is 0 Å². The quantitative estimate of drug-likeness (QED) is 0.547. The van der Waals surface area contributed by atoms with Crippen LogP contribution >= 0.6 is 23.2 Å². The Labute approximate surface area is 161 Å². The third-order valence-corrected chi connectivity index (χ3v) is 5.33. The van der Waals surface area contributed by atoms with Crippen molar-refractivity contribution in [2.24, 2.45) is 0 Å². The Hall–Kier alpha value is -1.85. The summed E-state index contributed by atoms with van der Waals surface area (Å²) < 4.78 is 27.4. The molecule has 2 unspecified atom stereocenters. The summed E-state index contributed by atoms with van der Waals surface area (Å²) in [6.07, 6.45) is 0. The first-order chi connectivity index (χ1) is 12.2. The Morgan fingerprint density at radius 1 is 0.885 bits per heavy atom. The lowest BCUT2D eigenvalue weighted by Gasteiger charge is -2.23. The summed E-state index contributed by atoms with van der Waals surface area (Å²) in [7, 11) is 0. The predicted molar refractivity (Wildman–Crippen MR) is 103 cm³/mol. The van der Waals surface area contributed by atoms with Gasteiger partial charge < -0.3 is 11.5 Å². The lowest BCUT2D eigenvalue weighted by atomic mass is 9.83. The van der Waals surface area contributed by atoms with Crippen LogP contribution < -0.4 is 11.5 Å². The van der Waals surface area contributed by atoms with Gasteiger partial charge in [-0.15, -0.1) is 23.2 Å². The van der Waals surface area contributed by atoms with Gasteiger partial charge in [-0.1, -0.05) is 12.1 Å². The van der Waals surface area contributed by atoms with E-state index in [1.54, 1.807) is 0 Å². The van der Waals surface area contributed by atoms with Gasteiger partial charge in [0.25, 0.3) is 0 Å². The molecule has 0 aliphatic heterocycles. The van der Waals surface area contributed by atoms with E-state index in [1.165, 1.54) is 38.1 Å². The number of ketones is 1. The second-order valence-electron chi connectivity index (χ2n) is 6.17. The molecule has 2 aromatic rings. The van der Waals surface area contributed by atoms with Gasteiger partial charge in [0.2, 0.25) is 0 Å². The molecular formula is C19H20Cl2F2N2O. The Bertz CT molecular complexity index is 775. The highest BCUT2D eigenvalue weighted by Gasteiger charge is 2.31. The summed E-state index contributed by atoms with van der Waals surface area (Å²) in [5.41, 5.74) is 13.7. The number of halogens is 4. The number of anilines is 2. The fourth-order valence-electron chi connectivity index (χ4n) is 2.92. The van der Waals surface area contributed by atoms with Gasteiger partial charge in [0.1, 0.15) is 17.4 Å². The SMILES string of the molecule is Cc1c(F)ccc(C(CCl)C(=O)C(CCl)c2ccc(F)c(C)c2N)c1N. The molecule has 2 aromatic carbocycles. The zero-order chi connectivity index (χ0) is 19.6. The van der Waals surface area contributed by atoms with Crippen LogP contribution in [0.15, 0.2) is 24.3 Å². The minimum atomic E-state index is -0.788. The predicted octanol–water partition coefficient (Wildman–Crippen LogP) is 4.66. The molecule has 0 radical (unpaired) electrons. The first-order valence-corrected chi connectivity index (χ1v) is 9.06. The van der Waals surface area contributed by atoms with Crippen molar-refractivity contribution < 1.29 is 13.6 Å². The molecule has 0 heterocycles. The molecule has 7 heteroatoms. The maximum atomic E-state index is 13.7. The van der Waals surface area contributed by atoms with Gasteiger partial charge in [0, 0.05) is 34.3 Å². The fourth-order valence-corrected chi connectivity index (χ4v) is 3.56. The molecule has 0 fully saturated rings. The Kier molecular flexibility index (Phi) is 6.48. The number of nitrogen functional groups attached to an aromatic ring is 2. The van der Waals surface area contributed by atoms with E-state index in [0.29, 0.717) is 11.1 Å². The second kappa shape index (κ2) is 8.23. The topological polar surface area (TPSA) is 69.1 Å². The van der Waals surface area contributed by atoms with Crippen molar-refractivity contribution in [3.05, 3.63) is 58.2 Å². The molecular weight excluding hydrogens is 381 g/mol. The Morgan fingerprint density at radius 2 is 1.23 bits per heavy atom. The minimum Gasteiger partial charge on any atom is -0.398 e. The number of alkyl halides is 2. The van der Waals surface area contributed by atoms with Crippen LogP contribution in [0.25, 0.3) is 0 Å². The van der Waals surface area contributed by atoms with Gasteiger partial charge in [-0.25, -0.2) is 8.78 Å². The Morgan fingerprint density at radius 3 is 1.54 bits per heavy atom. The molecule has 0 spiro atoms. The van der Waals surface area contributed by atoms with Crippen LogP contribution in [0.1, 0.15) is 34.1 Å². The van der Waals surface area contributed by atoms with Crippen molar-refractivity contribution in [2.45, 2.75) is 25.7 Å². The van der Waals surface area contributed by atoms with E-state index >= 15 is 0 Å². The summed E-state index contributed by atoms with van der Waals surface area (Å²) in [6, 6.07) is 5.40. The number of carbonyl (C=O) groups excluding carboxylic acids is 1. The number of benzene rings is 2. The molecule has 0 aliphatic carbocycles. The van der Waals surface area contributed by atoms with Crippen LogP contribution in [0.2, 0.25) is 0 Å². The molecule has 0 saturated heterocycles. The first kappa shape index (κ1) is 20.5. The van der Waals surface area contributed by atoms with Crippen molar-refractivity contribution in [2.75, 3.05) is 23.2 Å². The van der Waals surface area contributed by atoms with E-state index in [-0.39, 0.29) is 40.0 Å². The van der Waals surface area contributed by atoms with Crippen LogP contribution in [0.5, 0.6) is 0 Å². The fraction of sp³-hybridized carbons (Fsp3) is 0.316. The van der Waals surface area contributed by atoms with Crippen molar-refractivity contribution in [3.8, 4) is 0 Å². The van der Waals surface area contributed by atoms with E-state index in [1.807, 2.05) is 0 Å². The average molecular weight is 401 g/mol. The van der Waals surface area contributed by atoms with E-state index in [4.69, 9.17) is 34.7 Å². The van der Waals surface area contributed by atoms with Gasteiger partial charge in [0.05, 0.1) is 11.8 Å². The van der Waals surface area contributed by atoms with Crippen molar-refractivity contribution >= 4 is 40.4 Å². The van der Waals surface area contributed by atoms with E-state index in [9.17, 15) is 13.6 Å². The zero-order valence-corrected chi connectivity index (χ0v) is 16.0. The molecule has 26 heavy (non-hydrogen) atoms. The maximum Gasteiger partial charge on any atom is 0.150 e. The standard InChI is InChI=1S/C19H20Cl2F2N2O/c1-9-15(22)5-3-11(17(9)24)13(7-20)19(26)14(8-21)12-4-6-16(23)10(2)18(12)25/h3-6,13-14H,7-8,24-25H2,1-2H3. The Balaban J connectivity index is 2.50. The molecule has 0 aromatic heterocycles. The minimum absolute atomic E-state index is 0.0540. The highest BCUT2D eigenvalue weighted by molar-refractivity contribution is 6.22. The van der Waals surface area contributed by atoms with Gasteiger partial charge in [0.15, 0.2) is 0 Å². The zero-order valence-electron chi connectivity index (χ0n) is 14.5. The van der Waals surface area contributed by atoms with E-state index in [2.05, 4.69) is 0 Å². The second-order valence-corrected chi connectivity index (χ2v) is 6.78. The monoisotopic (exact) mass is 400 g/mol. The summed E-state index contributed by atoms with van der Waals surface area (Å²) in [5.74, 6) is -2.90. The summed E-state index contributed by atoms with van der Waals surface area (Å²) in [4.78, 5) is 13.1. The molecule has 3 nitrogen and oxygen atoms in total. The summed E-state index contributed by atoms with van der Waals surface area (Å²) >= 11 is 12.1. The summed E-state index contributed by atoms with van der Waals surface area (Å²) in [5, 5.41) is 0. The van der Waals surface area contributed by atoms with Gasteiger partial charge >= 0.3 is 0 Å². The van der Waals surface area contributed by atoms with Crippen molar-refractivity contribution in [1.29, 1.82) is 0 Å². The number of Topliss-reactive ketones (excluding diaryl/α,β-unsaturated/α-hetero) is 1. The molecule has 0 amide bonds. The number of hydrogen-bond donors (Lipinski definition) is 2. The first-order valence-electron chi connectivity index (χ1n) is 7.99. The average Bonchev–Trinajstić information content (AvgIpc) is 2.62. The number of carbonyl (C=O) groups is 1. The number of rotatable bonds is 6. The largest absolute Gasteiger partial charge is 0.398 e. The molecule has 4 N–H and O–H groups in total. The van der Waals surface area contributed by atoms with Crippen molar-refractivity contribution in [1.82, 2.24) is 0 Å². The lowest BCUT2D eigenvalue weighted by Crippen LogP contribution is -2.25. The van der Waals surface area contributed by atoms with E-state index < -0.39 is 23.5 Å². The highest BCUT2D eigenvalue weighted by Crippen LogP contribution is 2.36. The third kappa shape index (κ3) is 3.64. The lowest BCUT2D eigenvalue weighted by molar-refractivity contribution is -0.121. The van der Waals surface area contributed by atoms with Crippen LogP contribution in [-0.4, -0.2) is 17.5 Å². The molecule has 0 aliphatic rings. The van der Waals surface area contributed by atoms with Crippen LogP contribution in [-0.2, 0) is 4.79 Å². The van der Waals surface area contributed by atoms with Gasteiger partial charge in [-0.3, -0.25) is 4.79 Å². The molecule has 2 atom stereocenters. The highest BCUT2D eigenvalue weighted by atomic mass is 35.5. The van der Waals surface area contributed by atoms with Crippen LogP contribution in [0, 0.1) is 25.5 Å². The van der Waals surface area contributed by atoms with Crippen LogP contribution in [0.4, 0.5) is 20.2 Å². The van der Waals surface area contributed by atoms with Gasteiger partial charge in [-0.05, 0) is 37.1 Å². The molecule has 2 rings (SSSR count). The normalized spacial score (nSPS) is 13.5. The number of hydrogen-bond acceptors (Lipinski definition) is 3. The van der Waals surface area contributed by atoms with Crippen LogP contribution in [0.3, 0.4) is 0 Å². The smallest absolute Gasteiger partial charge is 0.150 e. The third-order valence-electron chi connectivity index (χ3n) is 4.71. The summed E-state index contributed by atoms with van der Waals surface area (Å²) in [6.45, 7) is 3.06. The molecule has 140 valence electrons. The van der Waals surface area contributed by atoms with Gasteiger partial charge in [-0.2, -0.15) is 0 Å². The number of nitrogens with two attached hydrogens (primary N) is 2. The maximum absolute atomic E-state index is 13.7. The molecule has 0 bridgehead atoms. The van der Waals surface area contributed by atoms with E-state index in [0.717, 1.165) is 0 Å².